The van der Waals surface area contributed by atoms with E-state index in [4.69, 9.17) is 10.4 Å². The highest BCUT2D eigenvalue weighted by molar-refractivity contribution is 5.92. The Bertz CT molecular complexity index is 581. The summed E-state index contributed by atoms with van der Waals surface area (Å²) in [5.74, 6) is -0.823. The van der Waals surface area contributed by atoms with Crippen molar-refractivity contribution in [1.29, 1.82) is 5.26 Å². The molecule has 17 heavy (non-hydrogen) atoms. The second kappa shape index (κ2) is 4.06. The molecule has 0 radical (unpaired) electrons. The number of aromatic amines is 1. The normalized spacial score (nSPS) is 18.2. The summed E-state index contributed by atoms with van der Waals surface area (Å²) >= 11 is 0. The van der Waals surface area contributed by atoms with Crippen LogP contribution < -0.4 is 5.56 Å². The van der Waals surface area contributed by atoms with Gasteiger partial charge in [0.15, 0.2) is 0 Å². The zero-order valence-electron chi connectivity index (χ0n) is 9.41. The lowest BCUT2D eigenvalue weighted by atomic mass is 9.84. The van der Waals surface area contributed by atoms with Crippen molar-refractivity contribution in [1.82, 2.24) is 4.98 Å². The van der Waals surface area contributed by atoms with Gasteiger partial charge >= 0.3 is 5.97 Å². The summed E-state index contributed by atoms with van der Waals surface area (Å²) in [5, 5.41) is 18.0. The number of pyridine rings is 1. The van der Waals surface area contributed by atoms with Crippen LogP contribution in [0, 0.1) is 17.2 Å². The van der Waals surface area contributed by atoms with Crippen molar-refractivity contribution in [3.63, 3.8) is 0 Å². The fourth-order valence-corrected chi connectivity index (χ4v) is 2.31. The lowest BCUT2D eigenvalue weighted by Crippen LogP contribution is -2.26. The third kappa shape index (κ3) is 1.82. The van der Waals surface area contributed by atoms with Crippen LogP contribution >= 0.6 is 0 Å². The van der Waals surface area contributed by atoms with Crippen LogP contribution in [0.1, 0.15) is 40.5 Å². The van der Waals surface area contributed by atoms with Gasteiger partial charge in [-0.05, 0) is 30.7 Å². The molecule has 1 unspecified atom stereocenters. The molecule has 1 aliphatic rings. The molecule has 0 aromatic carbocycles. The maximum Gasteiger partial charge on any atom is 0.337 e. The molecule has 1 aliphatic carbocycles. The minimum Gasteiger partial charge on any atom is -0.478 e. The van der Waals surface area contributed by atoms with Crippen molar-refractivity contribution in [3.05, 3.63) is 32.7 Å². The van der Waals surface area contributed by atoms with Crippen LogP contribution in [0.2, 0.25) is 0 Å². The molecular weight excluding hydrogens is 220 g/mol. The first-order valence-electron chi connectivity index (χ1n) is 5.46. The number of nitrogens with zero attached hydrogens (tertiary/aromatic N) is 1. The van der Waals surface area contributed by atoms with Gasteiger partial charge in [0.1, 0.15) is 11.6 Å². The van der Waals surface area contributed by atoms with Gasteiger partial charge < -0.3 is 10.1 Å². The first-order chi connectivity index (χ1) is 8.04. The number of fused-ring (bicyclic) bond motifs is 1. The number of aryl methyl sites for hydroxylation is 1. The van der Waals surface area contributed by atoms with Crippen molar-refractivity contribution < 1.29 is 9.90 Å². The van der Waals surface area contributed by atoms with Gasteiger partial charge in [-0.25, -0.2) is 4.79 Å². The van der Waals surface area contributed by atoms with E-state index in [9.17, 15) is 9.59 Å². The van der Waals surface area contributed by atoms with Gasteiger partial charge in [0.05, 0.1) is 5.56 Å². The SMILES string of the molecule is CC1CCc2[nH]c(=O)c(C#N)c(C(=O)O)c2C1. The summed E-state index contributed by atoms with van der Waals surface area (Å²) < 4.78 is 0. The Labute approximate surface area is 97.7 Å². The number of aromatic carboxylic acids is 1. The van der Waals surface area contributed by atoms with Crippen molar-refractivity contribution in [2.24, 2.45) is 5.92 Å². The third-order valence-corrected chi connectivity index (χ3v) is 3.17. The number of carbonyl (C=O) groups is 1. The quantitative estimate of drug-likeness (QED) is 0.757. The van der Waals surface area contributed by atoms with Gasteiger partial charge in [-0.15, -0.1) is 0 Å². The molecule has 1 heterocycles. The van der Waals surface area contributed by atoms with Crippen LogP contribution in [0.5, 0.6) is 0 Å². The van der Waals surface area contributed by atoms with Gasteiger partial charge in [-0.2, -0.15) is 5.26 Å². The van der Waals surface area contributed by atoms with Crippen LogP contribution in [-0.4, -0.2) is 16.1 Å². The van der Waals surface area contributed by atoms with Crippen LogP contribution in [-0.2, 0) is 12.8 Å². The molecule has 0 fully saturated rings. The maximum absolute atomic E-state index is 11.6. The van der Waals surface area contributed by atoms with Crippen molar-refractivity contribution in [2.45, 2.75) is 26.2 Å². The minimum atomic E-state index is -1.20. The van der Waals surface area contributed by atoms with Crippen LogP contribution in [0.4, 0.5) is 0 Å². The molecule has 0 saturated carbocycles. The lowest BCUT2D eigenvalue weighted by Gasteiger charge is -2.22. The largest absolute Gasteiger partial charge is 0.478 e. The van der Waals surface area contributed by atoms with Gasteiger partial charge in [0.25, 0.3) is 5.56 Å². The highest BCUT2D eigenvalue weighted by Gasteiger charge is 2.26. The predicted molar refractivity (Wildman–Crippen MR) is 59.9 cm³/mol. The molecule has 1 aromatic heterocycles. The van der Waals surface area contributed by atoms with E-state index in [1.54, 1.807) is 6.07 Å². The Morgan fingerprint density at radius 2 is 2.29 bits per heavy atom. The maximum atomic E-state index is 11.6. The standard InChI is InChI=1S/C12H12N2O3/c1-6-2-3-9-7(4-6)10(12(16)17)8(5-13)11(15)14-9/h6H,2-4H2,1H3,(H,14,15)(H,16,17). The van der Waals surface area contributed by atoms with Crippen LogP contribution in [0.25, 0.3) is 0 Å². The highest BCUT2D eigenvalue weighted by Crippen LogP contribution is 2.26. The smallest absolute Gasteiger partial charge is 0.337 e. The molecule has 88 valence electrons. The summed E-state index contributed by atoms with van der Waals surface area (Å²) in [6.45, 7) is 2.03. The summed E-state index contributed by atoms with van der Waals surface area (Å²) in [6, 6.07) is 1.69. The molecule has 5 heteroatoms. The molecular formula is C12H12N2O3. The van der Waals surface area contributed by atoms with E-state index < -0.39 is 11.5 Å². The predicted octanol–water partition coefficient (Wildman–Crippen LogP) is 1.07. The second-order valence-electron chi connectivity index (χ2n) is 4.43. The molecule has 0 aliphatic heterocycles. The minimum absolute atomic E-state index is 0.113. The Balaban J connectivity index is 2.77. The third-order valence-electron chi connectivity index (χ3n) is 3.17. The van der Waals surface area contributed by atoms with E-state index in [-0.39, 0.29) is 11.1 Å². The van der Waals surface area contributed by atoms with Gasteiger partial charge in [0, 0.05) is 5.69 Å². The fraction of sp³-hybridized carbons (Fsp3) is 0.417. The summed E-state index contributed by atoms with van der Waals surface area (Å²) in [5.41, 5.74) is 0.290. The number of hydrogen-bond donors (Lipinski definition) is 2. The molecule has 0 saturated heterocycles. The Morgan fingerprint density at radius 3 is 2.88 bits per heavy atom. The average Bonchev–Trinajstić information content (AvgIpc) is 2.27. The number of aromatic nitrogens is 1. The first kappa shape index (κ1) is 11.4. The first-order valence-corrected chi connectivity index (χ1v) is 5.46. The van der Waals surface area contributed by atoms with Crippen LogP contribution in [0.3, 0.4) is 0 Å². The van der Waals surface area contributed by atoms with E-state index in [1.165, 1.54) is 0 Å². The van der Waals surface area contributed by atoms with Crippen LogP contribution in [0.15, 0.2) is 4.79 Å². The summed E-state index contributed by atoms with van der Waals surface area (Å²) in [6.07, 6.45) is 2.19. The monoisotopic (exact) mass is 232 g/mol. The fourth-order valence-electron chi connectivity index (χ4n) is 2.31. The second-order valence-corrected chi connectivity index (χ2v) is 4.43. The Hall–Kier alpha value is -2.09. The highest BCUT2D eigenvalue weighted by atomic mass is 16.4. The van der Waals surface area contributed by atoms with Gasteiger partial charge in [-0.3, -0.25) is 4.79 Å². The Kier molecular flexibility index (Phi) is 2.72. The van der Waals surface area contributed by atoms with E-state index in [1.807, 2.05) is 6.92 Å². The molecule has 2 N–H and O–H groups in total. The molecule has 2 rings (SSSR count). The molecule has 5 nitrogen and oxygen atoms in total. The molecule has 0 spiro atoms. The van der Waals surface area contributed by atoms with E-state index >= 15 is 0 Å². The lowest BCUT2D eigenvalue weighted by molar-refractivity contribution is 0.0694. The Morgan fingerprint density at radius 1 is 1.59 bits per heavy atom. The van der Waals surface area contributed by atoms with Gasteiger partial charge in [0.2, 0.25) is 0 Å². The summed E-state index contributed by atoms with van der Waals surface area (Å²) in [7, 11) is 0. The van der Waals surface area contributed by atoms with E-state index in [0.717, 1.165) is 6.42 Å². The van der Waals surface area contributed by atoms with Gasteiger partial charge in [-0.1, -0.05) is 6.92 Å². The number of carboxylic acids is 1. The molecule has 0 bridgehead atoms. The molecule has 1 atom stereocenters. The topological polar surface area (TPSA) is 94.0 Å². The number of hydrogen-bond acceptors (Lipinski definition) is 3. The van der Waals surface area contributed by atoms with E-state index in [0.29, 0.717) is 30.0 Å². The zero-order chi connectivity index (χ0) is 12.6. The molecule has 1 aromatic rings. The number of nitriles is 1. The van der Waals surface area contributed by atoms with E-state index in [2.05, 4.69) is 4.98 Å². The van der Waals surface area contributed by atoms with Crippen molar-refractivity contribution in [3.8, 4) is 6.07 Å². The number of rotatable bonds is 1. The van der Waals surface area contributed by atoms with Crippen molar-refractivity contribution in [2.75, 3.05) is 0 Å². The average molecular weight is 232 g/mol. The number of H-pyrrole nitrogens is 1. The zero-order valence-corrected chi connectivity index (χ0v) is 9.41. The van der Waals surface area contributed by atoms with Crippen molar-refractivity contribution >= 4 is 5.97 Å². The number of carboxylic acid groups (broad SMARTS) is 1. The molecule has 0 amide bonds. The summed E-state index contributed by atoms with van der Waals surface area (Å²) in [4.78, 5) is 25.4. The number of nitrogens with one attached hydrogen (secondary N) is 1.